The van der Waals surface area contributed by atoms with Gasteiger partial charge in [0.05, 0.1) is 0 Å². The van der Waals surface area contributed by atoms with Crippen LogP contribution in [0, 0.1) is 0 Å². The van der Waals surface area contributed by atoms with Crippen molar-refractivity contribution in [3.63, 3.8) is 0 Å². The van der Waals surface area contributed by atoms with Gasteiger partial charge in [0.1, 0.15) is 13.2 Å². The van der Waals surface area contributed by atoms with Crippen LogP contribution in [0.15, 0.2) is 24.3 Å². The molecule has 3 rings (SSSR count). The molecule has 1 amide bonds. The van der Waals surface area contributed by atoms with Crippen LogP contribution >= 0.6 is 0 Å². The average molecular weight is 301 g/mol. The maximum absolute atomic E-state index is 12.3. The van der Waals surface area contributed by atoms with Gasteiger partial charge in [-0.05, 0) is 18.2 Å². The normalized spacial score (nSPS) is 13.8. The van der Waals surface area contributed by atoms with E-state index in [2.05, 4.69) is 36.3 Å². The van der Waals surface area contributed by atoms with Crippen molar-refractivity contribution in [2.24, 2.45) is 0 Å². The summed E-state index contributed by atoms with van der Waals surface area (Å²) in [5, 5.41) is 9.80. The van der Waals surface area contributed by atoms with E-state index in [4.69, 9.17) is 9.47 Å². The van der Waals surface area contributed by atoms with Gasteiger partial charge < -0.3 is 14.8 Å². The fraction of sp³-hybridized carbons (Fsp3) is 0.375. The van der Waals surface area contributed by atoms with Crippen LogP contribution in [0.5, 0.6) is 11.5 Å². The van der Waals surface area contributed by atoms with Crippen molar-refractivity contribution in [2.75, 3.05) is 18.5 Å². The summed E-state index contributed by atoms with van der Waals surface area (Å²) in [6.45, 7) is 7.23. The third-order valence-electron chi connectivity index (χ3n) is 3.42. The highest BCUT2D eigenvalue weighted by atomic mass is 16.6. The van der Waals surface area contributed by atoms with Crippen molar-refractivity contribution in [1.82, 2.24) is 10.2 Å². The van der Waals surface area contributed by atoms with E-state index in [1.54, 1.807) is 24.3 Å². The third-order valence-corrected chi connectivity index (χ3v) is 3.42. The predicted octanol–water partition coefficient (Wildman–Crippen LogP) is 2.73. The molecule has 0 bridgehead atoms. The molecule has 6 nitrogen and oxygen atoms in total. The minimum Gasteiger partial charge on any atom is -0.486 e. The Balaban J connectivity index is 1.75. The largest absolute Gasteiger partial charge is 0.486 e. The molecule has 2 aromatic rings. The molecule has 0 aliphatic carbocycles. The van der Waals surface area contributed by atoms with Crippen LogP contribution in [0.1, 0.15) is 37.0 Å². The average Bonchev–Trinajstić information content (AvgIpc) is 2.97. The molecule has 0 atom stereocenters. The first-order valence-electron chi connectivity index (χ1n) is 7.20. The lowest BCUT2D eigenvalue weighted by Crippen LogP contribution is -2.16. The predicted molar refractivity (Wildman–Crippen MR) is 82.7 cm³/mol. The molecule has 0 fully saturated rings. The monoisotopic (exact) mass is 301 g/mol. The summed E-state index contributed by atoms with van der Waals surface area (Å²) < 4.78 is 11.0. The highest BCUT2D eigenvalue weighted by Crippen LogP contribution is 2.32. The Bertz CT molecular complexity index is 701. The molecule has 0 saturated heterocycles. The highest BCUT2D eigenvalue weighted by molar-refractivity contribution is 6.03. The summed E-state index contributed by atoms with van der Waals surface area (Å²) in [6.07, 6.45) is 0. The van der Waals surface area contributed by atoms with Gasteiger partial charge in [0.25, 0.3) is 5.91 Å². The van der Waals surface area contributed by atoms with Gasteiger partial charge >= 0.3 is 0 Å². The SMILES string of the molecule is CC(C)(C)c1cc(C(=O)Nc2ccc3c(c2)OCCO3)n[nH]1. The Hall–Kier alpha value is -2.50. The summed E-state index contributed by atoms with van der Waals surface area (Å²) in [4.78, 5) is 12.3. The van der Waals surface area contributed by atoms with Gasteiger partial charge in [-0.2, -0.15) is 5.10 Å². The topological polar surface area (TPSA) is 76.2 Å². The summed E-state index contributed by atoms with van der Waals surface area (Å²) in [6, 6.07) is 7.09. The Morgan fingerprint density at radius 3 is 2.59 bits per heavy atom. The first-order chi connectivity index (χ1) is 10.4. The van der Waals surface area contributed by atoms with Gasteiger partial charge in [-0.15, -0.1) is 0 Å². The Kier molecular flexibility index (Phi) is 3.52. The third kappa shape index (κ3) is 2.90. The van der Waals surface area contributed by atoms with Crippen LogP contribution < -0.4 is 14.8 Å². The number of carbonyl (C=O) groups is 1. The van der Waals surface area contributed by atoms with Crippen LogP contribution in [-0.4, -0.2) is 29.3 Å². The van der Waals surface area contributed by atoms with Crippen LogP contribution in [0.2, 0.25) is 0 Å². The Morgan fingerprint density at radius 2 is 1.91 bits per heavy atom. The summed E-state index contributed by atoms with van der Waals surface area (Å²) in [5.41, 5.74) is 1.84. The molecule has 1 aliphatic heterocycles. The molecule has 1 aliphatic rings. The van der Waals surface area contributed by atoms with E-state index < -0.39 is 0 Å². The smallest absolute Gasteiger partial charge is 0.276 e. The number of aromatic amines is 1. The number of rotatable bonds is 2. The molecule has 0 unspecified atom stereocenters. The van der Waals surface area contributed by atoms with Gasteiger partial charge in [0, 0.05) is 22.9 Å². The van der Waals surface area contributed by atoms with Crippen molar-refractivity contribution >= 4 is 11.6 Å². The zero-order valence-electron chi connectivity index (χ0n) is 12.9. The molecule has 22 heavy (non-hydrogen) atoms. The standard InChI is InChI=1S/C16H19N3O3/c1-16(2,3)14-9-11(18-19-14)15(20)17-10-4-5-12-13(8-10)22-7-6-21-12/h4-5,8-9H,6-7H2,1-3H3,(H,17,20)(H,18,19). The lowest BCUT2D eigenvalue weighted by molar-refractivity contribution is 0.102. The molecule has 0 spiro atoms. The molecular formula is C16H19N3O3. The second-order valence-electron chi connectivity index (χ2n) is 6.23. The quantitative estimate of drug-likeness (QED) is 0.894. The maximum atomic E-state index is 12.3. The van der Waals surface area contributed by atoms with Gasteiger partial charge in [-0.25, -0.2) is 0 Å². The first kappa shape index (κ1) is 14.4. The number of ether oxygens (including phenoxy) is 2. The number of aromatic nitrogens is 2. The van der Waals surface area contributed by atoms with Gasteiger partial charge in [-0.1, -0.05) is 20.8 Å². The summed E-state index contributed by atoms with van der Waals surface area (Å²) >= 11 is 0. The number of fused-ring (bicyclic) bond motifs is 1. The number of nitrogens with one attached hydrogen (secondary N) is 2. The minimum atomic E-state index is -0.261. The van der Waals surface area contributed by atoms with Gasteiger partial charge in [0.15, 0.2) is 17.2 Å². The van der Waals surface area contributed by atoms with Crippen molar-refractivity contribution in [3.8, 4) is 11.5 Å². The molecule has 0 radical (unpaired) electrons. The molecule has 0 saturated carbocycles. The van der Waals surface area contributed by atoms with Crippen LogP contribution in [0.3, 0.4) is 0 Å². The minimum absolute atomic E-state index is 0.0808. The number of nitrogens with zero attached hydrogens (tertiary/aromatic N) is 1. The number of amides is 1. The molecule has 2 heterocycles. The zero-order valence-corrected chi connectivity index (χ0v) is 12.9. The highest BCUT2D eigenvalue weighted by Gasteiger charge is 2.20. The van der Waals surface area contributed by atoms with Crippen molar-refractivity contribution in [1.29, 1.82) is 0 Å². The van der Waals surface area contributed by atoms with Crippen molar-refractivity contribution < 1.29 is 14.3 Å². The molecule has 6 heteroatoms. The van der Waals surface area contributed by atoms with Crippen molar-refractivity contribution in [3.05, 3.63) is 35.7 Å². The van der Waals surface area contributed by atoms with Crippen LogP contribution in [0.4, 0.5) is 5.69 Å². The van der Waals surface area contributed by atoms with E-state index in [9.17, 15) is 4.79 Å². The first-order valence-corrected chi connectivity index (χ1v) is 7.20. The molecule has 116 valence electrons. The number of carbonyl (C=O) groups excluding carboxylic acids is 1. The number of anilines is 1. The lowest BCUT2D eigenvalue weighted by Gasteiger charge is -2.18. The van der Waals surface area contributed by atoms with Gasteiger partial charge in [-0.3, -0.25) is 9.89 Å². The Morgan fingerprint density at radius 1 is 1.18 bits per heavy atom. The fourth-order valence-electron chi connectivity index (χ4n) is 2.14. The van der Waals surface area contributed by atoms with E-state index in [1.807, 2.05) is 0 Å². The Labute approximate surface area is 128 Å². The van der Waals surface area contributed by atoms with Gasteiger partial charge in [0.2, 0.25) is 0 Å². The van der Waals surface area contributed by atoms with Crippen LogP contribution in [0.25, 0.3) is 0 Å². The summed E-state index contributed by atoms with van der Waals surface area (Å²) in [5.74, 6) is 1.07. The van der Waals surface area contributed by atoms with E-state index in [1.165, 1.54) is 0 Å². The van der Waals surface area contributed by atoms with E-state index >= 15 is 0 Å². The number of benzene rings is 1. The summed E-state index contributed by atoms with van der Waals surface area (Å²) in [7, 11) is 0. The zero-order chi connectivity index (χ0) is 15.7. The van der Waals surface area contributed by atoms with Crippen molar-refractivity contribution in [2.45, 2.75) is 26.2 Å². The molecule has 1 aromatic carbocycles. The fourth-order valence-corrected chi connectivity index (χ4v) is 2.14. The second kappa shape index (κ2) is 5.36. The number of hydrogen-bond donors (Lipinski definition) is 2. The molecule has 2 N–H and O–H groups in total. The van der Waals surface area contributed by atoms with E-state index in [-0.39, 0.29) is 11.3 Å². The van der Waals surface area contributed by atoms with E-state index in [0.29, 0.717) is 36.1 Å². The van der Waals surface area contributed by atoms with Crippen LogP contribution in [-0.2, 0) is 5.41 Å². The number of H-pyrrole nitrogens is 1. The lowest BCUT2D eigenvalue weighted by atomic mass is 9.92. The van der Waals surface area contributed by atoms with E-state index in [0.717, 1.165) is 5.69 Å². The molecular weight excluding hydrogens is 282 g/mol. The molecule has 1 aromatic heterocycles. The number of hydrogen-bond acceptors (Lipinski definition) is 4. The maximum Gasteiger partial charge on any atom is 0.276 e. The second-order valence-corrected chi connectivity index (χ2v) is 6.23.